The lowest BCUT2D eigenvalue weighted by molar-refractivity contribution is -0.108. The minimum Gasteiger partial charge on any atom is -0.303 e. The van der Waals surface area contributed by atoms with Gasteiger partial charge in [-0.25, -0.2) is 18.7 Å². The number of benzene rings is 2. The van der Waals surface area contributed by atoms with E-state index in [-0.39, 0.29) is 24.7 Å². The molecule has 0 spiro atoms. The van der Waals surface area contributed by atoms with Crippen molar-refractivity contribution in [3.05, 3.63) is 71.6 Å². The number of aldehydes is 2. The fourth-order valence-corrected chi connectivity index (χ4v) is 3.36. The van der Waals surface area contributed by atoms with Gasteiger partial charge in [0.15, 0.2) is 0 Å². The third-order valence-electron chi connectivity index (χ3n) is 4.98. The molecular weight excluding hydrogens is 386 g/mol. The van der Waals surface area contributed by atoms with Crippen LogP contribution in [0.25, 0.3) is 22.5 Å². The fraction of sp³-hybridized carbons (Fsp3) is 0.250. The zero-order valence-corrected chi connectivity index (χ0v) is 16.8. The Kier molecular flexibility index (Phi) is 6.77. The molecule has 2 atom stereocenters. The minimum absolute atomic E-state index is 0.211. The highest BCUT2D eigenvalue weighted by Gasteiger charge is 2.23. The van der Waals surface area contributed by atoms with Gasteiger partial charge in [-0.05, 0) is 24.3 Å². The van der Waals surface area contributed by atoms with Gasteiger partial charge < -0.3 is 9.59 Å². The molecule has 0 saturated carbocycles. The van der Waals surface area contributed by atoms with Crippen molar-refractivity contribution in [3.63, 3.8) is 0 Å². The summed E-state index contributed by atoms with van der Waals surface area (Å²) in [5.41, 5.74) is 3.01. The molecule has 2 aromatic carbocycles. The summed E-state index contributed by atoms with van der Waals surface area (Å²) < 4.78 is 27.8. The van der Waals surface area contributed by atoms with Crippen molar-refractivity contribution in [1.82, 2.24) is 9.97 Å². The molecule has 0 bridgehead atoms. The maximum Gasteiger partial charge on any atom is 0.123 e. The Morgan fingerprint density at radius 2 is 1.17 bits per heavy atom. The van der Waals surface area contributed by atoms with Crippen molar-refractivity contribution >= 4 is 12.6 Å². The minimum atomic E-state index is -0.417. The average Bonchev–Trinajstić information content (AvgIpc) is 2.73. The molecule has 1 heterocycles. The molecule has 0 fully saturated rings. The van der Waals surface area contributed by atoms with Gasteiger partial charge in [0.05, 0.1) is 22.8 Å². The summed E-state index contributed by atoms with van der Waals surface area (Å²) in [7, 11) is 0. The number of halogens is 2. The molecule has 3 aromatic rings. The zero-order chi connectivity index (χ0) is 21.7. The lowest BCUT2D eigenvalue weighted by Crippen LogP contribution is -2.11. The van der Waals surface area contributed by atoms with E-state index in [1.807, 2.05) is 13.8 Å². The highest BCUT2D eigenvalue weighted by atomic mass is 19.1. The Bertz CT molecular complexity index is 984. The van der Waals surface area contributed by atoms with Gasteiger partial charge in [0.2, 0.25) is 0 Å². The van der Waals surface area contributed by atoms with Crippen LogP contribution in [0.15, 0.2) is 48.5 Å². The maximum atomic E-state index is 13.9. The van der Waals surface area contributed by atoms with Crippen LogP contribution in [0.5, 0.6) is 0 Å². The number of aromatic nitrogens is 2. The van der Waals surface area contributed by atoms with E-state index < -0.39 is 11.6 Å². The molecule has 0 aliphatic rings. The monoisotopic (exact) mass is 408 g/mol. The topological polar surface area (TPSA) is 59.9 Å². The summed E-state index contributed by atoms with van der Waals surface area (Å²) in [6.07, 6.45) is 2.02. The van der Waals surface area contributed by atoms with Crippen molar-refractivity contribution < 1.29 is 18.4 Å². The SMILES string of the molecule is CC(CC=O)c1nc(-c2cccc(F)c2)c(C(C)CC=O)nc1-c1cccc(F)c1. The van der Waals surface area contributed by atoms with E-state index in [1.165, 1.54) is 24.3 Å². The van der Waals surface area contributed by atoms with Crippen LogP contribution in [0, 0.1) is 11.6 Å². The van der Waals surface area contributed by atoms with E-state index in [4.69, 9.17) is 9.97 Å². The normalized spacial score (nSPS) is 12.9. The first-order valence-corrected chi connectivity index (χ1v) is 9.75. The molecule has 0 aliphatic heterocycles. The number of carbonyl (C=O) groups is 2. The van der Waals surface area contributed by atoms with Crippen molar-refractivity contribution in [2.75, 3.05) is 0 Å². The maximum absolute atomic E-state index is 13.9. The number of carbonyl (C=O) groups excluding carboxylic acids is 2. The molecule has 0 radical (unpaired) electrons. The zero-order valence-electron chi connectivity index (χ0n) is 16.8. The van der Waals surface area contributed by atoms with Gasteiger partial charge in [0.1, 0.15) is 24.2 Å². The van der Waals surface area contributed by atoms with Crippen LogP contribution in [0.2, 0.25) is 0 Å². The quantitative estimate of drug-likeness (QED) is 0.464. The summed E-state index contributed by atoms with van der Waals surface area (Å²) in [6.45, 7) is 3.68. The van der Waals surface area contributed by atoms with Gasteiger partial charge in [-0.1, -0.05) is 38.1 Å². The van der Waals surface area contributed by atoms with E-state index >= 15 is 0 Å². The van der Waals surface area contributed by atoms with E-state index in [2.05, 4.69) is 0 Å². The Morgan fingerprint density at radius 3 is 1.50 bits per heavy atom. The second-order valence-electron chi connectivity index (χ2n) is 7.32. The number of rotatable bonds is 8. The highest BCUT2D eigenvalue weighted by Crippen LogP contribution is 2.35. The Morgan fingerprint density at radius 1 is 0.767 bits per heavy atom. The summed E-state index contributed by atoms with van der Waals surface area (Å²) in [5.74, 6) is -1.40. The molecule has 0 saturated heterocycles. The Hall–Kier alpha value is -3.28. The van der Waals surface area contributed by atoms with Gasteiger partial charge in [0, 0.05) is 35.8 Å². The highest BCUT2D eigenvalue weighted by molar-refractivity contribution is 5.70. The number of hydrogen-bond donors (Lipinski definition) is 0. The first-order chi connectivity index (χ1) is 14.4. The van der Waals surface area contributed by atoms with Gasteiger partial charge in [-0.3, -0.25) is 0 Å². The van der Waals surface area contributed by atoms with Crippen LogP contribution in [0.3, 0.4) is 0 Å². The Balaban J connectivity index is 2.32. The van der Waals surface area contributed by atoms with Gasteiger partial charge >= 0.3 is 0 Å². The molecule has 0 amide bonds. The first-order valence-electron chi connectivity index (χ1n) is 9.75. The van der Waals surface area contributed by atoms with E-state index in [9.17, 15) is 18.4 Å². The van der Waals surface area contributed by atoms with Crippen molar-refractivity contribution in [1.29, 1.82) is 0 Å². The smallest absolute Gasteiger partial charge is 0.123 e. The van der Waals surface area contributed by atoms with Crippen LogP contribution >= 0.6 is 0 Å². The first kappa shape index (κ1) is 21.4. The molecule has 1 aromatic heterocycles. The van der Waals surface area contributed by atoms with Crippen LogP contribution in [-0.2, 0) is 9.59 Å². The summed E-state index contributed by atoms with van der Waals surface area (Å²) in [6, 6.07) is 12.0. The molecule has 30 heavy (non-hydrogen) atoms. The van der Waals surface area contributed by atoms with E-state index in [0.29, 0.717) is 33.9 Å². The molecule has 6 heteroatoms. The summed E-state index contributed by atoms with van der Waals surface area (Å²) >= 11 is 0. The Labute approximate surface area is 174 Å². The summed E-state index contributed by atoms with van der Waals surface area (Å²) in [4.78, 5) is 31.9. The second-order valence-corrected chi connectivity index (χ2v) is 7.32. The van der Waals surface area contributed by atoms with Crippen molar-refractivity contribution in [3.8, 4) is 22.5 Å². The van der Waals surface area contributed by atoms with Gasteiger partial charge in [0.25, 0.3) is 0 Å². The second kappa shape index (κ2) is 9.48. The van der Waals surface area contributed by atoms with Crippen molar-refractivity contribution in [2.45, 2.75) is 38.5 Å². The molecule has 3 rings (SSSR count). The molecule has 154 valence electrons. The van der Waals surface area contributed by atoms with Gasteiger partial charge in [-0.2, -0.15) is 0 Å². The molecule has 4 nitrogen and oxygen atoms in total. The number of hydrogen-bond acceptors (Lipinski definition) is 4. The van der Waals surface area contributed by atoms with E-state index in [0.717, 1.165) is 12.6 Å². The standard InChI is InChI=1S/C24H22F2N2O2/c1-15(9-11-29)21-23(17-5-3-7-19(25)13-17)28-22(16(2)10-12-30)24(27-21)18-6-4-8-20(26)14-18/h3-8,11-16H,9-10H2,1-2H3. The molecular formula is C24H22F2N2O2. The largest absolute Gasteiger partial charge is 0.303 e. The van der Waals surface area contributed by atoms with Crippen LogP contribution < -0.4 is 0 Å². The third-order valence-corrected chi connectivity index (χ3v) is 4.98. The predicted octanol–water partition coefficient (Wildman–Crippen LogP) is 5.47. The molecule has 0 aliphatic carbocycles. The fourth-order valence-electron chi connectivity index (χ4n) is 3.36. The summed E-state index contributed by atoms with van der Waals surface area (Å²) in [5, 5.41) is 0. The lowest BCUT2D eigenvalue weighted by Gasteiger charge is -2.20. The molecule has 2 unspecified atom stereocenters. The average molecular weight is 408 g/mol. The molecule has 0 N–H and O–H groups in total. The van der Waals surface area contributed by atoms with Crippen LogP contribution in [0.4, 0.5) is 8.78 Å². The van der Waals surface area contributed by atoms with Crippen LogP contribution in [-0.4, -0.2) is 22.5 Å². The number of nitrogens with zero attached hydrogens (tertiary/aromatic N) is 2. The van der Waals surface area contributed by atoms with Gasteiger partial charge in [-0.15, -0.1) is 0 Å². The third kappa shape index (κ3) is 4.64. The lowest BCUT2D eigenvalue weighted by atomic mass is 9.94. The van der Waals surface area contributed by atoms with Crippen molar-refractivity contribution in [2.24, 2.45) is 0 Å². The van der Waals surface area contributed by atoms with E-state index in [1.54, 1.807) is 24.3 Å². The van der Waals surface area contributed by atoms with Crippen LogP contribution in [0.1, 0.15) is 49.9 Å². The predicted molar refractivity (Wildman–Crippen MR) is 111 cm³/mol.